The van der Waals surface area contributed by atoms with E-state index in [9.17, 15) is 9.18 Å². The van der Waals surface area contributed by atoms with Crippen molar-refractivity contribution in [2.45, 2.75) is 53.1 Å². The van der Waals surface area contributed by atoms with Gasteiger partial charge < -0.3 is 20.7 Å². The molecule has 2 rings (SSSR count). The number of hydrogen-bond donors (Lipinski definition) is 3. The fourth-order valence-electron chi connectivity index (χ4n) is 3.56. The molecule has 0 bridgehead atoms. The van der Waals surface area contributed by atoms with Crippen LogP contribution in [0.25, 0.3) is 0 Å². The van der Waals surface area contributed by atoms with Gasteiger partial charge in [-0.3, -0.25) is 14.7 Å². The minimum atomic E-state index is -0.560. The topological polar surface area (TPSA) is 78.0 Å². The number of benzene rings is 1. The van der Waals surface area contributed by atoms with Crippen LogP contribution in [-0.4, -0.2) is 62.6 Å². The fraction of sp³-hybridized carbons (Fsp3) is 0.652. The van der Waals surface area contributed by atoms with Crippen LogP contribution in [0.4, 0.5) is 4.39 Å². The summed E-state index contributed by atoms with van der Waals surface area (Å²) >= 11 is 0. The molecule has 1 aromatic carbocycles. The largest absolute Gasteiger partial charge is 0.494 e. The van der Waals surface area contributed by atoms with Gasteiger partial charge in [-0.05, 0) is 58.2 Å². The predicted octanol–water partition coefficient (Wildman–Crippen LogP) is 2.52. The normalized spacial score (nSPS) is 16.1. The van der Waals surface area contributed by atoms with E-state index in [0.717, 1.165) is 50.5 Å². The molecule has 174 valence electrons. The van der Waals surface area contributed by atoms with Crippen LogP contribution in [0.5, 0.6) is 5.75 Å². The van der Waals surface area contributed by atoms with Gasteiger partial charge in [0.2, 0.25) is 5.91 Å². The van der Waals surface area contributed by atoms with E-state index in [1.165, 1.54) is 7.11 Å². The molecular formula is C23H38FN5O2. The number of guanidine groups is 1. The molecule has 0 unspecified atom stereocenters. The van der Waals surface area contributed by atoms with Crippen molar-refractivity contribution in [3.05, 3.63) is 29.6 Å². The molecule has 1 amide bonds. The maximum absolute atomic E-state index is 13.9. The highest BCUT2D eigenvalue weighted by Crippen LogP contribution is 2.20. The van der Waals surface area contributed by atoms with Gasteiger partial charge in [0.05, 0.1) is 19.1 Å². The van der Waals surface area contributed by atoms with E-state index in [1.54, 1.807) is 12.1 Å². The Balaban J connectivity index is 1.87. The van der Waals surface area contributed by atoms with Crippen LogP contribution in [0.1, 0.15) is 46.1 Å². The Hall–Kier alpha value is -2.35. The van der Waals surface area contributed by atoms with Crippen LogP contribution < -0.4 is 20.7 Å². The molecule has 0 aromatic heterocycles. The second-order valence-electron chi connectivity index (χ2n) is 8.60. The lowest BCUT2D eigenvalue weighted by Crippen LogP contribution is -2.49. The number of carbonyl (C=O) groups is 1. The van der Waals surface area contributed by atoms with Crippen LogP contribution in [0, 0.1) is 11.2 Å². The fourth-order valence-corrected chi connectivity index (χ4v) is 3.56. The van der Waals surface area contributed by atoms with Gasteiger partial charge in [-0.15, -0.1) is 0 Å². The van der Waals surface area contributed by atoms with Gasteiger partial charge in [-0.25, -0.2) is 4.39 Å². The van der Waals surface area contributed by atoms with Crippen molar-refractivity contribution >= 4 is 11.9 Å². The van der Waals surface area contributed by atoms with Crippen molar-refractivity contribution in [3.8, 4) is 5.75 Å². The number of hydrogen-bond acceptors (Lipinski definition) is 4. The first kappa shape index (κ1) is 24.9. The molecule has 0 saturated carbocycles. The van der Waals surface area contributed by atoms with Gasteiger partial charge in [-0.2, -0.15) is 0 Å². The van der Waals surface area contributed by atoms with Crippen molar-refractivity contribution in [1.82, 2.24) is 20.9 Å². The van der Waals surface area contributed by atoms with Crippen molar-refractivity contribution in [1.29, 1.82) is 0 Å². The van der Waals surface area contributed by atoms with E-state index in [1.807, 2.05) is 33.8 Å². The number of ether oxygens (including phenoxy) is 1. The Kier molecular flexibility index (Phi) is 9.55. The number of carbonyl (C=O) groups excluding carboxylic acids is 1. The standard InChI is InChI=1S/C23H38FN5O2/c1-6-25-21(30)23(3,4)16-27-22(26-7-2)28-18-10-12-29(13-11-18)15-17-8-9-20(31-5)19(24)14-17/h8-9,14,18H,6-7,10-13,15-16H2,1-5H3,(H,25,30)(H2,26,27,28). The quantitative estimate of drug-likeness (QED) is 0.410. The molecular weight excluding hydrogens is 397 g/mol. The number of likely N-dealkylation sites (tertiary alicyclic amines) is 1. The first-order valence-electron chi connectivity index (χ1n) is 11.2. The number of methoxy groups -OCH3 is 1. The lowest BCUT2D eigenvalue weighted by atomic mass is 9.92. The van der Waals surface area contributed by atoms with Crippen LogP contribution in [0.15, 0.2) is 23.2 Å². The van der Waals surface area contributed by atoms with Gasteiger partial charge in [0.25, 0.3) is 0 Å². The first-order valence-corrected chi connectivity index (χ1v) is 11.2. The predicted molar refractivity (Wildman–Crippen MR) is 123 cm³/mol. The Bertz CT molecular complexity index is 745. The minimum absolute atomic E-state index is 0.0119. The molecule has 0 atom stereocenters. The zero-order valence-electron chi connectivity index (χ0n) is 19.6. The van der Waals surface area contributed by atoms with E-state index < -0.39 is 5.41 Å². The monoisotopic (exact) mass is 435 g/mol. The maximum Gasteiger partial charge on any atom is 0.227 e. The molecule has 0 radical (unpaired) electrons. The highest BCUT2D eigenvalue weighted by atomic mass is 19.1. The number of halogens is 1. The van der Waals surface area contributed by atoms with Crippen LogP contribution in [0.3, 0.4) is 0 Å². The molecule has 1 saturated heterocycles. The van der Waals surface area contributed by atoms with Crippen molar-refractivity contribution in [2.75, 3.05) is 39.8 Å². The van der Waals surface area contributed by atoms with Crippen molar-refractivity contribution < 1.29 is 13.9 Å². The lowest BCUT2D eigenvalue weighted by molar-refractivity contribution is -0.128. The zero-order chi connectivity index (χ0) is 22.9. The SMILES string of the molecule is CCNC(=O)C(C)(C)CN=C(NCC)NC1CCN(Cc2ccc(OC)c(F)c2)CC1. The second kappa shape index (κ2) is 11.9. The molecule has 8 heteroatoms. The lowest BCUT2D eigenvalue weighted by Gasteiger charge is -2.33. The summed E-state index contributed by atoms with van der Waals surface area (Å²) in [6.07, 6.45) is 1.95. The third-order valence-electron chi connectivity index (χ3n) is 5.48. The summed E-state index contributed by atoms with van der Waals surface area (Å²) in [5, 5.41) is 9.67. The average Bonchev–Trinajstić information content (AvgIpc) is 2.74. The van der Waals surface area contributed by atoms with Crippen molar-refractivity contribution in [2.24, 2.45) is 10.4 Å². The molecule has 1 aliphatic heterocycles. The molecule has 0 spiro atoms. The Labute approximate surface area is 185 Å². The highest BCUT2D eigenvalue weighted by molar-refractivity contribution is 5.83. The highest BCUT2D eigenvalue weighted by Gasteiger charge is 2.27. The number of aliphatic imine (C=N–C) groups is 1. The van der Waals surface area contributed by atoms with Gasteiger partial charge >= 0.3 is 0 Å². The summed E-state index contributed by atoms with van der Waals surface area (Å²) in [4.78, 5) is 19.2. The third-order valence-corrected chi connectivity index (χ3v) is 5.48. The number of piperidine rings is 1. The Morgan fingerprint density at radius 2 is 1.90 bits per heavy atom. The number of rotatable bonds is 9. The van der Waals surface area contributed by atoms with E-state index in [2.05, 4.69) is 25.8 Å². The van der Waals surface area contributed by atoms with E-state index in [4.69, 9.17) is 4.74 Å². The maximum atomic E-state index is 13.9. The molecule has 3 N–H and O–H groups in total. The molecule has 1 aliphatic rings. The van der Waals surface area contributed by atoms with Gasteiger partial charge in [0.15, 0.2) is 17.5 Å². The molecule has 1 heterocycles. The summed E-state index contributed by atoms with van der Waals surface area (Å²) in [6, 6.07) is 5.46. The minimum Gasteiger partial charge on any atom is -0.494 e. The summed E-state index contributed by atoms with van der Waals surface area (Å²) in [5.74, 6) is 0.712. The zero-order valence-corrected chi connectivity index (χ0v) is 19.6. The van der Waals surface area contributed by atoms with Gasteiger partial charge in [0.1, 0.15) is 0 Å². The van der Waals surface area contributed by atoms with Gasteiger partial charge in [-0.1, -0.05) is 6.07 Å². The first-order chi connectivity index (χ1) is 14.8. The van der Waals surface area contributed by atoms with Crippen molar-refractivity contribution in [3.63, 3.8) is 0 Å². The second-order valence-corrected chi connectivity index (χ2v) is 8.60. The molecule has 1 aromatic rings. The number of nitrogens with one attached hydrogen (secondary N) is 3. The summed E-state index contributed by atoms with van der Waals surface area (Å²) in [5.41, 5.74) is 0.391. The molecule has 7 nitrogen and oxygen atoms in total. The van der Waals surface area contributed by atoms with E-state index in [0.29, 0.717) is 19.1 Å². The number of amides is 1. The molecule has 31 heavy (non-hydrogen) atoms. The summed E-state index contributed by atoms with van der Waals surface area (Å²) in [6.45, 7) is 12.1. The van der Waals surface area contributed by atoms with Crippen LogP contribution >= 0.6 is 0 Å². The smallest absolute Gasteiger partial charge is 0.227 e. The third kappa shape index (κ3) is 7.69. The Morgan fingerprint density at radius 3 is 2.48 bits per heavy atom. The van der Waals surface area contributed by atoms with Crippen LogP contribution in [0.2, 0.25) is 0 Å². The van der Waals surface area contributed by atoms with Crippen LogP contribution in [-0.2, 0) is 11.3 Å². The molecule has 1 fully saturated rings. The van der Waals surface area contributed by atoms with E-state index >= 15 is 0 Å². The molecule has 0 aliphatic carbocycles. The van der Waals surface area contributed by atoms with Gasteiger partial charge in [0, 0.05) is 38.8 Å². The summed E-state index contributed by atoms with van der Waals surface area (Å²) in [7, 11) is 1.47. The Morgan fingerprint density at radius 1 is 1.23 bits per heavy atom. The average molecular weight is 436 g/mol. The van der Waals surface area contributed by atoms with E-state index in [-0.39, 0.29) is 17.5 Å². The number of nitrogens with zero attached hydrogens (tertiary/aromatic N) is 2. The summed E-state index contributed by atoms with van der Waals surface area (Å²) < 4.78 is 18.9.